The third-order valence-electron chi connectivity index (χ3n) is 5.98. The molecule has 8 nitrogen and oxygen atoms in total. The number of rotatable bonds is 11. The maximum atomic E-state index is 12.6. The Morgan fingerprint density at radius 3 is 2.31 bits per heavy atom. The molecule has 8 heteroatoms. The highest BCUT2D eigenvalue weighted by Gasteiger charge is 2.37. The fourth-order valence-electron chi connectivity index (χ4n) is 4.04. The monoisotopic (exact) mass is 485 g/mol. The molecular weight excluding hydrogens is 446 g/mol. The zero-order valence-electron chi connectivity index (χ0n) is 21.4. The highest BCUT2D eigenvalue weighted by molar-refractivity contribution is 5.77. The Morgan fingerprint density at radius 1 is 1.00 bits per heavy atom. The molecule has 2 aromatic rings. The number of benzene rings is 2. The normalized spacial score (nSPS) is 19.0. The van der Waals surface area contributed by atoms with E-state index in [1.54, 1.807) is 4.90 Å². The molecule has 1 saturated heterocycles. The Morgan fingerprint density at radius 2 is 1.66 bits per heavy atom. The Kier molecular flexibility index (Phi) is 9.92. The van der Waals surface area contributed by atoms with Crippen LogP contribution in [0.3, 0.4) is 0 Å². The zero-order chi connectivity index (χ0) is 25.3. The lowest BCUT2D eigenvalue weighted by Gasteiger charge is -2.33. The molecule has 1 N–H and O–H groups in total. The van der Waals surface area contributed by atoms with Crippen LogP contribution >= 0.6 is 0 Å². The van der Waals surface area contributed by atoms with Crippen molar-refractivity contribution in [3.05, 3.63) is 59.7 Å². The van der Waals surface area contributed by atoms with Crippen molar-refractivity contribution in [2.24, 2.45) is 0 Å². The molecule has 0 bridgehead atoms. The van der Waals surface area contributed by atoms with E-state index < -0.39 is 5.60 Å². The van der Waals surface area contributed by atoms with Crippen LogP contribution in [-0.4, -0.2) is 105 Å². The van der Waals surface area contributed by atoms with Crippen LogP contribution in [0.2, 0.25) is 0 Å². The van der Waals surface area contributed by atoms with Gasteiger partial charge in [0.15, 0.2) is 0 Å². The summed E-state index contributed by atoms with van der Waals surface area (Å²) in [5, 5.41) is 11.6. The number of β-amino-alcohol motifs (C(OH)–C–C–N with tert-alkyl or cyclic N) is 1. The van der Waals surface area contributed by atoms with Crippen molar-refractivity contribution in [2.45, 2.75) is 19.1 Å². The van der Waals surface area contributed by atoms with E-state index in [0.717, 1.165) is 23.4 Å². The molecule has 1 fully saturated rings. The summed E-state index contributed by atoms with van der Waals surface area (Å²) >= 11 is 0. The van der Waals surface area contributed by atoms with Gasteiger partial charge in [0.05, 0.1) is 6.54 Å². The van der Waals surface area contributed by atoms with Gasteiger partial charge in [0, 0.05) is 39.8 Å². The molecular formula is C27H39N3O5. The van der Waals surface area contributed by atoms with Crippen molar-refractivity contribution in [3.8, 4) is 11.5 Å². The molecule has 1 unspecified atom stereocenters. The lowest BCUT2D eigenvalue weighted by Crippen LogP contribution is -2.52. The minimum absolute atomic E-state index is 0.00974. The number of aliphatic hydroxyl groups is 1. The largest absolute Gasteiger partial charge is 0.492 e. The number of carbonyl (C=O) groups is 1. The van der Waals surface area contributed by atoms with E-state index in [4.69, 9.17) is 14.2 Å². The fourth-order valence-corrected chi connectivity index (χ4v) is 4.04. The smallest absolute Gasteiger partial charge is 0.248 e. The summed E-state index contributed by atoms with van der Waals surface area (Å²) in [4.78, 5) is 18.5. The van der Waals surface area contributed by atoms with Crippen LogP contribution in [0, 0.1) is 6.92 Å². The van der Waals surface area contributed by atoms with E-state index >= 15 is 0 Å². The van der Waals surface area contributed by atoms with Gasteiger partial charge in [-0.1, -0.05) is 29.8 Å². The van der Waals surface area contributed by atoms with Crippen LogP contribution in [0.25, 0.3) is 0 Å². The summed E-state index contributed by atoms with van der Waals surface area (Å²) in [7, 11) is 5.54. The first-order valence-corrected chi connectivity index (χ1v) is 12.0. The van der Waals surface area contributed by atoms with Crippen LogP contribution in [-0.2, 0) is 16.1 Å². The zero-order valence-corrected chi connectivity index (χ0v) is 21.4. The van der Waals surface area contributed by atoms with Gasteiger partial charge < -0.3 is 29.1 Å². The number of likely N-dealkylation sites (N-methyl/N-ethyl adjacent to an activating group) is 1. The van der Waals surface area contributed by atoms with Crippen molar-refractivity contribution in [3.63, 3.8) is 0 Å². The third-order valence-corrected chi connectivity index (χ3v) is 5.98. The van der Waals surface area contributed by atoms with Gasteiger partial charge in [-0.2, -0.15) is 0 Å². The minimum Gasteiger partial charge on any atom is -0.492 e. The Hall–Kier alpha value is -2.65. The minimum atomic E-state index is -1.22. The number of carbonyl (C=O) groups excluding carboxylic acids is 1. The van der Waals surface area contributed by atoms with Gasteiger partial charge in [0.2, 0.25) is 5.91 Å². The highest BCUT2D eigenvalue weighted by Crippen LogP contribution is 2.21. The Balaban J connectivity index is 1.66. The van der Waals surface area contributed by atoms with Crippen LogP contribution in [0.5, 0.6) is 11.5 Å². The van der Waals surface area contributed by atoms with Crippen molar-refractivity contribution in [1.82, 2.24) is 14.7 Å². The van der Waals surface area contributed by atoms with Gasteiger partial charge in [0.1, 0.15) is 36.9 Å². The lowest BCUT2D eigenvalue weighted by molar-refractivity contribution is -0.138. The lowest BCUT2D eigenvalue weighted by atomic mass is 10.0. The molecule has 2 aromatic carbocycles. The number of nitrogens with zero attached hydrogens (tertiary/aromatic N) is 3. The molecule has 0 aliphatic carbocycles. The Bertz CT molecular complexity index is 919. The van der Waals surface area contributed by atoms with Crippen molar-refractivity contribution < 1.29 is 24.1 Å². The molecule has 3 rings (SSSR count). The average molecular weight is 486 g/mol. The second-order valence-electron chi connectivity index (χ2n) is 9.58. The van der Waals surface area contributed by atoms with Crippen LogP contribution in [0.1, 0.15) is 11.1 Å². The standard InChI is InChI=1S/C27H39N3O5/c1-22-5-9-25(10-6-22)35-21-27(32)19-29(13-14-30(20-27)26(31)18-33-4)17-23-7-11-24(12-8-23)34-16-15-28(2)3/h5-12,32H,13-21H2,1-4H3. The first-order chi connectivity index (χ1) is 16.8. The van der Waals surface area contributed by atoms with Gasteiger partial charge in [0.25, 0.3) is 0 Å². The van der Waals surface area contributed by atoms with Gasteiger partial charge >= 0.3 is 0 Å². The molecule has 35 heavy (non-hydrogen) atoms. The molecule has 0 radical (unpaired) electrons. The number of hydrogen-bond acceptors (Lipinski definition) is 7. The number of aryl methyl sites for hydroxylation is 1. The summed E-state index contributed by atoms with van der Waals surface area (Å²) < 4.78 is 16.8. The molecule has 1 aliphatic rings. The molecule has 0 saturated carbocycles. The number of amides is 1. The van der Waals surface area contributed by atoms with E-state index in [1.807, 2.05) is 69.6 Å². The van der Waals surface area contributed by atoms with Crippen molar-refractivity contribution in [2.75, 3.05) is 73.7 Å². The van der Waals surface area contributed by atoms with E-state index in [2.05, 4.69) is 9.80 Å². The summed E-state index contributed by atoms with van der Waals surface area (Å²) in [6.45, 7) is 5.97. The summed E-state index contributed by atoms with van der Waals surface area (Å²) in [6, 6.07) is 15.8. The summed E-state index contributed by atoms with van der Waals surface area (Å²) in [5.74, 6) is 1.40. The van der Waals surface area contributed by atoms with Crippen LogP contribution in [0.15, 0.2) is 48.5 Å². The molecule has 1 heterocycles. The number of methoxy groups -OCH3 is 1. The predicted octanol–water partition coefficient (Wildman–Crippen LogP) is 2.04. The third kappa shape index (κ3) is 8.81. The molecule has 192 valence electrons. The van der Waals surface area contributed by atoms with E-state index in [1.165, 1.54) is 7.11 Å². The highest BCUT2D eigenvalue weighted by atomic mass is 16.5. The van der Waals surface area contributed by atoms with Crippen LogP contribution in [0.4, 0.5) is 0 Å². The molecule has 0 aromatic heterocycles. The first-order valence-electron chi connectivity index (χ1n) is 12.0. The van der Waals surface area contributed by atoms with Gasteiger partial charge in [-0.15, -0.1) is 0 Å². The maximum Gasteiger partial charge on any atom is 0.248 e. The van der Waals surface area contributed by atoms with Gasteiger partial charge in [-0.25, -0.2) is 0 Å². The van der Waals surface area contributed by atoms with E-state index in [-0.39, 0.29) is 25.7 Å². The summed E-state index contributed by atoms with van der Waals surface area (Å²) in [5.41, 5.74) is 1.03. The predicted molar refractivity (Wildman–Crippen MR) is 136 cm³/mol. The van der Waals surface area contributed by atoms with E-state index in [0.29, 0.717) is 38.5 Å². The van der Waals surface area contributed by atoms with Gasteiger partial charge in [-0.05, 0) is 50.8 Å². The van der Waals surface area contributed by atoms with Crippen molar-refractivity contribution in [1.29, 1.82) is 0 Å². The van der Waals surface area contributed by atoms with Crippen LogP contribution < -0.4 is 9.47 Å². The second-order valence-corrected chi connectivity index (χ2v) is 9.58. The maximum absolute atomic E-state index is 12.6. The average Bonchev–Trinajstić information content (AvgIpc) is 2.99. The molecule has 1 aliphatic heterocycles. The molecule has 0 spiro atoms. The summed E-state index contributed by atoms with van der Waals surface area (Å²) in [6.07, 6.45) is 0. The number of hydrogen-bond donors (Lipinski definition) is 1. The fraction of sp³-hybridized carbons (Fsp3) is 0.519. The topological polar surface area (TPSA) is 74.7 Å². The quantitative estimate of drug-likeness (QED) is 0.522. The Labute approximate surface area is 209 Å². The van der Waals surface area contributed by atoms with E-state index in [9.17, 15) is 9.90 Å². The molecule has 1 atom stereocenters. The second kappa shape index (κ2) is 12.9. The molecule has 1 amide bonds. The van der Waals surface area contributed by atoms with Crippen molar-refractivity contribution >= 4 is 5.91 Å². The first kappa shape index (κ1) is 26.9. The van der Waals surface area contributed by atoms with Gasteiger partial charge in [-0.3, -0.25) is 9.69 Å². The SMILES string of the molecule is COCC(=O)N1CCN(Cc2ccc(OCCN(C)C)cc2)CC(O)(COc2ccc(C)cc2)C1. The number of ether oxygens (including phenoxy) is 3.